The Morgan fingerprint density at radius 2 is 1.83 bits per heavy atom. The summed E-state index contributed by atoms with van der Waals surface area (Å²) in [6.07, 6.45) is 0.973. The van der Waals surface area contributed by atoms with Gasteiger partial charge in [0, 0.05) is 44.5 Å². The Morgan fingerprint density at radius 3 is 2.62 bits per heavy atom. The summed E-state index contributed by atoms with van der Waals surface area (Å²) in [5, 5.41) is 2.97. The molecule has 29 heavy (non-hydrogen) atoms. The SMILES string of the molecule is COc1cccc(CCN2CCN(C(=O)Nc3ccc4c(c3)OCCO4)CC2)c1. The predicted molar refractivity (Wildman–Crippen MR) is 111 cm³/mol. The summed E-state index contributed by atoms with van der Waals surface area (Å²) in [7, 11) is 1.69. The van der Waals surface area contributed by atoms with Crippen molar-refractivity contribution in [3.63, 3.8) is 0 Å². The molecule has 0 aromatic heterocycles. The minimum absolute atomic E-state index is 0.0749. The maximum atomic E-state index is 12.6. The molecule has 2 aromatic rings. The van der Waals surface area contributed by atoms with E-state index in [9.17, 15) is 4.79 Å². The first-order valence-electron chi connectivity index (χ1n) is 10.0. The molecule has 1 fully saturated rings. The molecule has 2 aliphatic rings. The van der Waals surface area contributed by atoms with Crippen LogP contribution in [0.3, 0.4) is 0 Å². The van der Waals surface area contributed by atoms with E-state index >= 15 is 0 Å². The molecule has 0 aliphatic carbocycles. The van der Waals surface area contributed by atoms with Gasteiger partial charge in [-0.3, -0.25) is 4.90 Å². The lowest BCUT2D eigenvalue weighted by atomic mass is 10.1. The maximum absolute atomic E-state index is 12.6. The molecule has 0 atom stereocenters. The Labute approximate surface area is 171 Å². The molecule has 2 amide bonds. The lowest BCUT2D eigenvalue weighted by Gasteiger charge is -2.34. The summed E-state index contributed by atoms with van der Waals surface area (Å²) in [5.74, 6) is 2.29. The molecule has 7 nitrogen and oxygen atoms in total. The normalized spacial score (nSPS) is 16.4. The van der Waals surface area contributed by atoms with Crippen LogP contribution >= 0.6 is 0 Å². The molecule has 2 aliphatic heterocycles. The molecule has 154 valence electrons. The Bertz CT molecular complexity index is 850. The standard InChI is InChI=1S/C22H27N3O4/c1-27-19-4-2-3-17(15-19)7-8-24-9-11-25(12-10-24)22(26)23-18-5-6-20-21(16-18)29-14-13-28-20/h2-6,15-16H,7-14H2,1H3,(H,23,26). The molecule has 2 aromatic carbocycles. The molecule has 0 saturated carbocycles. The Hall–Kier alpha value is -2.93. The van der Waals surface area contributed by atoms with E-state index in [4.69, 9.17) is 14.2 Å². The van der Waals surface area contributed by atoms with E-state index < -0.39 is 0 Å². The molecule has 4 rings (SSSR count). The zero-order valence-corrected chi connectivity index (χ0v) is 16.7. The van der Waals surface area contributed by atoms with E-state index in [1.54, 1.807) is 7.11 Å². The van der Waals surface area contributed by atoms with E-state index in [-0.39, 0.29) is 6.03 Å². The van der Waals surface area contributed by atoms with Gasteiger partial charge in [-0.1, -0.05) is 12.1 Å². The lowest BCUT2D eigenvalue weighted by molar-refractivity contribution is 0.148. The first kappa shape index (κ1) is 19.4. The van der Waals surface area contributed by atoms with Crippen molar-refractivity contribution in [1.82, 2.24) is 9.80 Å². The number of amides is 2. The van der Waals surface area contributed by atoms with E-state index in [2.05, 4.69) is 22.3 Å². The highest BCUT2D eigenvalue weighted by molar-refractivity contribution is 5.89. The van der Waals surface area contributed by atoms with Crippen LogP contribution in [0.25, 0.3) is 0 Å². The number of carbonyl (C=O) groups is 1. The number of nitrogens with one attached hydrogen (secondary N) is 1. The summed E-state index contributed by atoms with van der Waals surface area (Å²) in [6, 6.07) is 13.6. The Kier molecular flexibility index (Phi) is 6.05. The second-order valence-corrected chi connectivity index (χ2v) is 7.22. The molecule has 0 radical (unpaired) electrons. The summed E-state index contributed by atoms with van der Waals surface area (Å²) >= 11 is 0. The first-order chi connectivity index (χ1) is 14.2. The number of fused-ring (bicyclic) bond motifs is 1. The molecular weight excluding hydrogens is 370 g/mol. The van der Waals surface area contributed by atoms with Crippen LogP contribution in [0.1, 0.15) is 5.56 Å². The number of carbonyl (C=O) groups excluding carboxylic acids is 1. The van der Waals surface area contributed by atoms with Gasteiger partial charge in [-0.2, -0.15) is 0 Å². The zero-order chi connectivity index (χ0) is 20.1. The second-order valence-electron chi connectivity index (χ2n) is 7.22. The number of nitrogens with zero attached hydrogens (tertiary/aromatic N) is 2. The highest BCUT2D eigenvalue weighted by atomic mass is 16.6. The van der Waals surface area contributed by atoms with Crippen LogP contribution in [0.5, 0.6) is 17.2 Å². The number of hydrogen-bond acceptors (Lipinski definition) is 5. The van der Waals surface area contributed by atoms with Crippen LogP contribution in [0, 0.1) is 0 Å². The van der Waals surface area contributed by atoms with E-state index in [1.807, 2.05) is 35.2 Å². The smallest absolute Gasteiger partial charge is 0.321 e. The monoisotopic (exact) mass is 397 g/mol. The first-order valence-corrected chi connectivity index (χ1v) is 10.0. The van der Waals surface area contributed by atoms with Crippen molar-refractivity contribution < 1.29 is 19.0 Å². The number of rotatable bonds is 5. The summed E-state index contributed by atoms with van der Waals surface area (Å²) in [6.45, 7) is 5.24. The van der Waals surface area contributed by atoms with Crippen LogP contribution in [0.4, 0.5) is 10.5 Å². The molecule has 1 saturated heterocycles. The van der Waals surface area contributed by atoms with Gasteiger partial charge in [0.25, 0.3) is 0 Å². The fourth-order valence-corrected chi connectivity index (χ4v) is 3.61. The van der Waals surface area contributed by atoms with Gasteiger partial charge in [0.1, 0.15) is 19.0 Å². The molecular formula is C22H27N3O4. The predicted octanol–water partition coefficient (Wildman–Crippen LogP) is 2.86. The third-order valence-electron chi connectivity index (χ3n) is 5.30. The number of piperazine rings is 1. The highest BCUT2D eigenvalue weighted by Crippen LogP contribution is 2.32. The minimum Gasteiger partial charge on any atom is -0.497 e. The van der Waals surface area contributed by atoms with Crippen molar-refractivity contribution in [2.24, 2.45) is 0 Å². The Morgan fingerprint density at radius 1 is 1.03 bits per heavy atom. The minimum atomic E-state index is -0.0749. The fraction of sp³-hybridized carbons (Fsp3) is 0.409. The van der Waals surface area contributed by atoms with Crippen LogP contribution in [-0.2, 0) is 6.42 Å². The van der Waals surface area contributed by atoms with Gasteiger partial charge in [0.15, 0.2) is 11.5 Å². The maximum Gasteiger partial charge on any atom is 0.321 e. The van der Waals surface area contributed by atoms with Crippen molar-refractivity contribution in [1.29, 1.82) is 0 Å². The van der Waals surface area contributed by atoms with Gasteiger partial charge >= 0.3 is 6.03 Å². The number of ether oxygens (including phenoxy) is 3. The number of methoxy groups -OCH3 is 1. The highest BCUT2D eigenvalue weighted by Gasteiger charge is 2.21. The van der Waals surface area contributed by atoms with E-state index in [0.29, 0.717) is 32.1 Å². The van der Waals surface area contributed by atoms with Gasteiger partial charge in [-0.05, 0) is 36.2 Å². The molecule has 7 heteroatoms. The summed E-state index contributed by atoms with van der Waals surface area (Å²) in [4.78, 5) is 16.9. The second kappa shape index (κ2) is 9.05. The number of anilines is 1. The van der Waals surface area contributed by atoms with Crippen LogP contribution in [0.2, 0.25) is 0 Å². The van der Waals surface area contributed by atoms with Gasteiger partial charge in [-0.15, -0.1) is 0 Å². The molecule has 2 heterocycles. The third kappa shape index (κ3) is 4.92. The Balaban J connectivity index is 1.24. The average molecular weight is 397 g/mol. The largest absolute Gasteiger partial charge is 0.497 e. The summed E-state index contributed by atoms with van der Waals surface area (Å²) in [5.41, 5.74) is 1.99. The van der Waals surface area contributed by atoms with E-state index in [1.165, 1.54) is 5.56 Å². The van der Waals surface area contributed by atoms with Gasteiger partial charge in [0.2, 0.25) is 0 Å². The molecule has 1 N–H and O–H groups in total. The molecule has 0 bridgehead atoms. The topological polar surface area (TPSA) is 63.3 Å². The lowest BCUT2D eigenvalue weighted by Crippen LogP contribution is -2.50. The van der Waals surface area contributed by atoms with Crippen LogP contribution in [0.15, 0.2) is 42.5 Å². The quantitative estimate of drug-likeness (QED) is 0.841. The zero-order valence-electron chi connectivity index (χ0n) is 16.7. The van der Waals surface area contributed by atoms with Crippen LogP contribution in [-0.4, -0.2) is 68.9 Å². The van der Waals surface area contributed by atoms with Crippen molar-refractivity contribution in [2.45, 2.75) is 6.42 Å². The number of hydrogen-bond donors (Lipinski definition) is 1. The average Bonchev–Trinajstić information content (AvgIpc) is 2.78. The van der Waals surface area contributed by atoms with Crippen molar-refractivity contribution in [3.05, 3.63) is 48.0 Å². The molecule has 0 spiro atoms. The fourth-order valence-electron chi connectivity index (χ4n) is 3.61. The van der Waals surface area contributed by atoms with E-state index in [0.717, 1.165) is 43.2 Å². The van der Waals surface area contributed by atoms with Crippen LogP contribution < -0.4 is 19.5 Å². The van der Waals surface area contributed by atoms with Gasteiger partial charge < -0.3 is 24.4 Å². The van der Waals surface area contributed by atoms with Crippen molar-refractivity contribution in [3.8, 4) is 17.2 Å². The molecule has 0 unspecified atom stereocenters. The van der Waals surface area contributed by atoms with Crippen molar-refractivity contribution in [2.75, 3.05) is 58.4 Å². The number of urea groups is 1. The van der Waals surface area contributed by atoms with Gasteiger partial charge in [-0.25, -0.2) is 4.79 Å². The van der Waals surface area contributed by atoms with Gasteiger partial charge in [0.05, 0.1) is 7.11 Å². The third-order valence-corrected chi connectivity index (χ3v) is 5.30. The number of benzene rings is 2. The van der Waals surface area contributed by atoms with Crippen molar-refractivity contribution >= 4 is 11.7 Å². The summed E-state index contributed by atoms with van der Waals surface area (Å²) < 4.78 is 16.4.